The van der Waals surface area contributed by atoms with Gasteiger partial charge in [-0.2, -0.15) is 0 Å². The number of hydrogen-bond donors (Lipinski definition) is 1. The fourth-order valence-electron chi connectivity index (χ4n) is 3.87. The first-order valence-electron chi connectivity index (χ1n) is 10.1. The van der Waals surface area contributed by atoms with Crippen LogP contribution in [0.3, 0.4) is 0 Å². The van der Waals surface area contributed by atoms with Crippen LogP contribution in [0.1, 0.15) is 23.1 Å². The fourth-order valence-corrected chi connectivity index (χ4v) is 5.60. The van der Waals surface area contributed by atoms with Gasteiger partial charge in [0.1, 0.15) is 17.1 Å². The first-order valence-corrected chi connectivity index (χ1v) is 12.0. The molecular weight excluding hydrogens is 594 g/mol. The van der Waals surface area contributed by atoms with Crippen molar-refractivity contribution in [2.45, 2.75) is 19.6 Å². The second kappa shape index (κ2) is 9.09. The number of aryl methyl sites for hydroxylation is 1. The van der Waals surface area contributed by atoms with Crippen molar-refractivity contribution >= 4 is 60.5 Å². The van der Waals surface area contributed by atoms with Crippen LogP contribution in [0.15, 0.2) is 51.5 Å². The summed E-state index contributed by atoms with van der Waals surface area (Å²) in [5.41, 5.74) is 2.80. The van der Waals surface area contributed by atoms with Crippen LogP contribution in [0.25, 0.3) is 11.0 Å². The summed E-state index contributed by atoms with van der Waals surface area (Å²) in [5, 5.41) is 10.3. The maximum absolute atomic E-state index is 12.1. The number of hydrogen-bond acceptors (Lipinski definition) is 6. The number of carbonyl (C=O) groups is 1. The highest BCUT2D eigenvalue weighted by Crippen LogP contribution is 2.43. The van der Waals surface area contributed by atoms with Crippen molar-refractivity contribution in [3.8, 4) is 17.2 Å². The molecule has 1 unspecified atom stereocenters. The van der Waals surface area contributed by atoms with E-state index in [1.165, 1.54) is 0 Å². The second-order valence-electron chi connectivity index (χ2n) is 7.52. The number of ether oxygens (including phenoxy) is 3. The molecule has 2 aromatic carbocycles. The number of nitrogens with zero attached hydrogens (tertiary/aromatic N) is 3. The van der Waals surface area contributed by atoms with Gasteiger partial charge in [0, 0.05) is 18.3 Å². The summed E-state index contributed by atoms with van der Waals surface area (Å²) in [6.07, 6.45) is 0.318. The summed E-state index contributed by atoms with van der Waals surface area (Å²) in [6, 6.07) is 10.6. The molecule has 2 aromatic heterocycles. The summed E-state index contributed by atoms with van der Waals surface area (Å²) < 4.78 is 20.0. The number of halogens is 3. The standard InChI is InChI=1S/C23H16Br2ClN3O5/c1-11-28-16-5-6-27-22(26)18(16)29(11)9-12-7-14(24)21(15(25)8-12)34-20(23(30)31)13-3-2-4-17-19(13)33-10-32-17/h2-8,20H,9-10H2,1H3,(H,30,31). The summed E-state index contributed by atoms with van der Waals surface area (Å²) >= 11 is 13.4. The van der Waals surface area contributed by atoms with Crippen molar-refractivity contribution in [2.24, 2.45) is 0 Å². The molecule has 8 nitrogen and oxygen atoms in total. The third-order valence-electron chi connectivity index (χ3n) is 5.37. The Labute approximate surface area is 215 Å². The Morgan fingerprint density at radius 2 is 2.03 bits per heavy atom. The largest absolute Gasteiger partial charge is 0.478 e. The number of aliphatic carboxylic acids is 1. The molecule has 174 valence electrons. The zero-order valence-corrected chi connectivity index (χ0v) is 21.5. The topological polar surface area (TPSA) is 95.7 Å². The predicted octanol–water partition coefficient (Wildman–Crippen LogP) is 5.90. The number of aromatic nitrogens is 3. The van der Waals surface area contributed by atoms with Crippen LogP contribution < -0.4 is 14.2 Å². The molecule has 5 rings (SSSR count). The van der Waals surface area contributed by atoms with Gasteiger partial charge in [0.15, 0.2) is 16.7 Å². The molecule has 1 N–H and O–H groups in total. The first-order chi connectivity index (χ1) is 16.3. The zero-order chi connectivity index (χ0) is 24.0. The average molecular weight is 610 g/mol. The predicted molar refractivity (Wildman–Crippen MR) is 132 cm³/mol. The number of fused-ring (bicyclic) bond motifs is 2. The molecule has 0 aliphatic carbocycles. The van der Waals surface area contributed by atoms with Crippen LogP contribution >= 0.6 is 43.5 Å². The molecule has 0 saturated heterocycles. The van der Waals surface area contributed by atoms with E-state index in [1.807, 2.05) is 29.7 Å². The van der Waals surface area contributed by atoms with E-state index in [2.05, 4.69) is 41.8 Å². The molecule has 0 saturated carbocycles. The van der Waals surface area contributed by atoms with Gasteiger partial charge in [-0.3, -0.25) is 0 Å². The van der Waals surface area contributed by atoms with E-state index in [1.54, 1.807) is 24.4 Å². The van der Waals surface area contributed by atoms with Crippen molar-refractivity contribution < 1.29 is 24.1 Å². The number of carboxylic acid groups (broad SMARTS) is 1. The highest BCUT2D eigenvalue weighted by Gasteiger charge is 2.31. The average Bonchev–Trinajstić information content (AvgIpc) is 3.38. The van der Waals surface area contributed by atoms with E-state index >= 15 is 0 Å². The maximum Gasteiger partial charge on any atom is 0.349 e. The quantitative estimate of drug-likeness (QED) is 0.272. The second-order valence-corrected chi connectivity index (χ2v) is 9.59. The Balaban J connectivity index is 1.48. The lowest BCUT2D eigenvalue weighted by Crippen LogP contribution is -2.19. The van der Waals surface area contributed by atoms with Gasteiger partial charge in [-0.25, -0.2) is 14.8 Å². The Morgan fingerprint density at radius 1 is 1.26 bits per heavy atom. The van der Waals surface area contributed by atoms with Crippen LogP contribution in [-0.4, -0.2) is 32.4 Å². The van der Waals surface area contributed by atoms with Gasteiger partial charge in [0.25, 0.3) is 0 Å². The van der Waals surface area contributed by atoms with Crippen molar-refractivity contribution in [3.05, 3.63) is 73.6 Å². The molecule has 0 radical (unpaired) electrons. The summed E-state index contributed by atoms with van der Waals surface area (Å²) in [7, 11) is 0. The monoisotopic (exact) mass is 607 g/mol. The lowest BCUT2D eigenvalue weighted by Gasteiger charge is -2.20. The Morgan fingerprint density at radius 3 is 2.76 bits per heavy atom. The van der Waals surface area contributed by atoms with Crippen molar-refractivity contribution in [2.75, 3.05) is 6.79 Å². The molecule has 1 atom stereocenters. The number of benzene rings is 2. The molecule has 4 aromatic rings. The molecule has 34 heavy (non-hydrogen) atoms. The van der Waals surface area contributed by atoms with Crippen LogP contribution in [0, 0.1) is 6.92 Å². The van der Waals surface area contributed by atoms with Gasteiger partial charge in [0.2, 0.25) is 12.9 Å². The fraction of sp³-hybridized carbons (Fsp3) is 0.174. The minimum atomic E-state index is -1.31. The highest BCUT2D eigenvalue weighted by atomic mass is 79.9. The number of carboxylic acids is 1. The smallest absolute Gasteiger partial charge is 0.349 e. The third kappa shape index (κ3) is 4.10. The van der Waals surface area contributed by atoms with Gasteiger partial charge in [-0.1, -0.05) is 23.7 Å². The third-order valence-corrected chi connectivity index (χ3v) is 6.82. The molecule has 0 fully saturated rings. The van der Waals surface area contributed by atoms with E-state index in [4.69, 9.17) is 25.8 Å². The first kappa shape index (κ1) is 22.9. The van der Waals surface area contributed by atoms with E-state index < -0.39 is 12.1 Å². The zero-order valence-electron chi connectivity index (χ0n) is 17.6. The molecule has 0 bridgehead atoms. The number of para-hydroxylation sites is 1. The summed E-state index contributed by atoms with van der Waals surface area (Å²) in [5.74, 6) is 0.834. The van der Waals surface area contributed by atoms with Gasteiger partial charge < -0.3 is 23.9 Å². The van der Waals surface area contributed by atoms with Gasteiger partial charge in [0.05, 0.1) is 14.5 Å². The van der Waals surface area contributed by atoms with Crippen molar-refractivity contribution in [1.82, 2.24) is 14.5 Å². The van der Waals surface area contributed by atoms with Crippen molar-refractivity contribution in [1.29, 1.82) is 0 Å². The normalized spacial score (nSPS) is 13.3. The number of imidazole rings is 1. The SMILES string of the molecule is Cc1nc2ccnc(Cl)c2n1Cc1cc(Br)c(OC(C(=O)O)c2cccc3c2OCO3)c(Br)c1. The van der Waals surface area contributed by atoms with E-state index in [0.29, 0.717) is 43.5 Å². The lowest BCUT2D eigenvalue weighted by molar-refractivity contribution is -0.145. The molecule has 1 aliphatic heterocycles. The van der Waals surface area contributed by atoms with Gasteiger partial charge in [-0.15, -0.1) is 0 Å². The van der Waals surface area contributed by atoms with E-state index in [9.17, 15) is 9.90 Å². The van der Waals surface area contributed by atoms with E-state index in [-0.39, 0.29) is 6.79 Å². The number of pyridine rings is 1. The Bertz CT molecular complexity index is 1420. The minimum absolute atomic E-state index is 0.0304. The molecular formula is C23H16Br2ClN3O5. The Kier molecular flexibility index (Phi) is 6.13. The molecule has 1 aliphatic rings. The molecule has 3 heterocycles. The van der Waals surface area contributed by atoms with Crippen LogP contribution in [0.2, 0.25) is 5.15 Å². The minimum Gasteiger partial charge on any atom is -0.478 e. The van der Waals surface area contributed by atoms with Crippen LogP contribution in [-0.2, 0) is 11.3 Å². The number of rotatable bonds is 6. The van der Waals surface area contributed by atoms with Gasteiger partial charge >= 0.3 is 5.97 Å². The lowest BCUT2D eigenvalue weighted by atomic mass is 10.1. The Hall–Kier alpha value is -2.82. The molecule has 0 amide bonds. The highest BCUT2D eigenvalue weighted by molar-refractivity contribution is 9.11. The molecule has 11 heteroatoms. The van der Waals surface area contributed by atoms with E-state index in [0.717, 1.165) is 22.4 Å². The van der Waals surface area contributed by atoms with Crippen molar-refractivity contribution in [3.63, 3.8) is 0 Å². The van der Waals surface area contributed by atoms with Gasteiger partial charge in [-0.05, 0) is 68.6 Å². The van der Waals surface area contributed by atoms with Crippen LogP contribution in [0.5, 0.6) is 17.2 Å². The summed E-state index contributed by atoms with van der Waals surface area (Å²) in [6.45, 7) is 2.41. The maximum atomic E-state index is 12.1. The summed E-state index contributed by atoms with van der Waals surface area (Å²) in [4.78, 5) is 20.8. The van der Waals surface area contributed by atoms with Crippen LogP contribution in [0.4, 0.5) is 0 Å². The molecule has 0 spiro atoms.